The van der Waals surface area contributed by atoms with E-state index < -0.39 is 5.41 Å². The molecule has 1 aromatic rings. The molecule has 1 aromatic carbocycles. The van der Waals surface area contributed by atoms with E-state index >= 15 is 0 Å². The van der Waals surface area contributed by atoms with Crippen LogP contribution in [0.3, 0.4) is 0 Å². The number of anilines is 2. The molecule has 2 heterocycles. The minimum atomic E-state index is -0.890. The lowest BCUT2D eigenvalue weighted by molar-refractivity contribution is -0.134. The van der Waals surface area contributed by atoms with Gasteiger partial charge in [0.05, 0.1) is 13.2 Å². The van der Waals surface area contributed by atoms with Crippen LogP contribution in [0.4, 0.5) is 11.4 Å². The maximum Gasteiger partial charge on any atom is 0.240 e. The van der Waals surface area contributed by atoms with Crippen LogP contribution in [0.1, 0.15) is 25.7 Å². The number of benzene rings is 1. The zero-order chi connectivity index (χ0) is 19.4. The van der Waals surface area contributed by atoms with E-state index in [4.69, 9.17) is 4.74 Å². The highest BCUT2D eigenvalue weighted by Gasteiger charge is 2.56. The largest absolute Gasteiger partial charge is 0.379 e. The van der Waals surface area contributed by atoms with Crippen LogP contribution in [0.15, 0.2) is 24.3 Å². The van der Waals surface area contributed by atoms with Crippen molar-refractivity contribution < 1.29 is 14.3 Å². The number of hydrogen-bond donors (Lipinski definition) is 2. The van der Waals surface area contributed by atoms with E-state index in [1.807, 2.05) is 24.3 Å². The monoisotopic (exact) mass is 386 g/mol. The lowest BCUT2D eigenvalue weighted by Crippen LogP contribution is -2.45. The SMILES string of the molecule is O=C(NCCN1CCOCC1)C1(C(=O)Nc2ccc(N3CCCC3)cc2)CC1. The summed E-state index contributed by atoms with van der Waals surface area (Å²) in [5.74, 6) is -0.336. The van der Waals surface area contributed by atoms with E-state index in [0.717, 1.165) is 51.6 Å². The summed E-state index contributed by atoms with van der Waals surface area (Å²) in [6, 6.07) is 7.95. The van der Waals surface area contributed by atoms with Crippen LogP contribution in [0, 0.1) is 5.41 Å². The van der Waals surface area contributed by atoms with Crippen molar-refractivity contribution in [1.29, 1.82) is 0 Å². The van der Waals surface area contributed by atoms with Gasteiger partial charge >= 0.3 is 0 Å². The van der Waals surface area contributed by atoms with Crippen LogP contribution >= 0.6 is 0 Å². The molecule has 2 amide bonds. The Morgan fingerprint density at radius 1 is 0.964 bits per heavy atom. The summed E-state index contributed by atoms with van der Waals surface area (Å²) in [5, 5.41) is 5.89. The summed E-state index contributed by atoms with van der Waals surface area (Å²) in [7, 11) is 0. The number of rotatable bonds is 7. The third-order valence-electron chi connectivity index (χ3n) is 6.03. The van der Waals surface area contributed by atoms with Gasteiger partial charge in [0.1, 0.15) is 5.41 Å². The number of carbonyl (C=O) groups is 2. The van der Waals surface area contributed by atoms with E-state index in [2.05, 4.69) is 20.4 Å². The predicted octanol–water partition coefficient (Wildman–Crippen LogP) is 1.45. The normalized spacial score (nSPS) is 21.4. The maximum atomic E-state index is 12.7. The van der Waals surface area contributed by atoms with Crippen molar-refractivity contribution in [2.45, 2.75) is 25.7 Å². The number of carbonyl (C=O) groups excluding carboxylic acids is 2. The maximum absolute atomic E-state index is 12.7. The summed E-state index contributed by atoms with van der Waals surface area (Å²) in [6.07, 6.45) is 3.71. The second-order valence-electron chi connectivity index (χ2n) is 7.99. The number of ether oxygens (including phenoxy) is 1. The van der Waals surface area contributed by atoms with Crippen LogP contribution in [0.25, 0.3) is 0 Å². The van der Waals surface area contributed by atoms with Crippen LogP contribution in [-0.2, 0) is 14.3 Å². The van der Waals surface area contributed by atoms with Crippen LogP contribution < -0.4 is 15.5 Å². The molecule has 0 atom stereocenters. The molecule has 2 saturated heterocycles. The molecular formula is C21H30N4O3. The van der Waals surface area contributed by atoms with Gasteiger partial charge < -0.3 is 20.3 Å². The van der Waals surface area contributed by atoms with Gasteiger partial charge in [-0.3, -0.25) is 14.5 Å². The van der Waals surface area contributed by atoms with Gasteiger partial charge in [0.15, 0.2) is 0 Å². The molecule has 0 unspecified atom stereocenters. The fourth-order valence-corrected chi connectivity index (χ4v) is 3.99. The lowest BCUT2D eigenvalue weighted by Gasteiger charge is -2.26. The Balaban J connectivity index is 1.26. The molecule has 3 aliphatic rings. The fourth-order valence-electron chi connectivity index (χ4n) is 3.99. The summed E-state index contributed by atoms with van der Waals surface area (Å²) < 4.78 is 5.33. The Hall–Kier alpha value is -2.12. The predicted molar refractivity (Wildman–Crippen MR) is 108 cm³/mol. The first-order valence-electron chi connectivity index (χ1n) is 10.4. The van der Waals surface area contributed by atoms with Crippen molar-refractivity contribution in [3.63, 3.8) is 0 Å². The Bertz CT molecular complexity index is 690. The van der Waals surface area contributed by atoms with Gasteiger partial charge in [0.25, 0.3) is 0 Å². The van der Waals surface area contributed by atoms with E-state index in [-0.39, 0.29) is 11.8 Å². The molecule has 0 radical (unpaired) electrons. The summed E-state index contributed by atoms with van der Waals surface area (Å²) >= 11 is 0. The van der Waals surface area contributed by atoms with E-state index in [1.165, 1.54) is 18.5 Å². The highest BCUT2D eigenvalue weighted by Crippen LogP contribution is 2.46. The molecular weight excluding hydrogens is 356 g/mol. The molecule has 7 heteroatoms. The third kappa shape index (κ3) is 4.31. The number of nitrogens with zero attached hydrogens (tertiary/aromatic N) is 2. The number of amides is 2. The molecule has 1 saturated carbocycles. The molecule has 152 valence electrons. The van der Waals surface area contributed by atoms with Crippen LogP contribution in [0.5, 0.6) is 0 Å². The average Bonchev–Trinajstić information content (AvgIpc) is 3.37. The number of hydrogen-bond acceptors (Lipinski definition) is 5. The molecule has 3 fully saturated rings. The first-order valence-corrected chi connectivity index (χ1v) is 10.4. The number of nitrogens with one attached hydrogen (secondary N) is 2. The Labute approximate surface area is 166 Å². The third-order valence-corrected chi connectivity index (χ3v) is 6.03. The minimum absolute atomic E-state index is 0.146. The first-order chi connectivity index (χ1) is 13.7. The van der Waals surface area contributed by atoms with Crippen molar-refractivity contribution in [2.24, 2.45) is 5.41 Å². The van der Waals surface area contributed by atoms with Gasteiger partial charge in [-0.15, -0.1) is 0 Å². The zero-order valence-electron chi connectivity index (χ0n) is 16.4. The average molecular weight is 386 g/mol. The highest BCUT2D eigenvalue weighted by molar-refractivity contribution is 6.13. The van der Waals surface area contributed by atoms with Gasteiger partial charge in [-0.2, -0.15) is 0 Å². The lowest BCUT2D eigenvalue weighted by atomic mass is 10.0. The van der Waals surface area contributed by atoms with E-state index in [9.17, 15) is 9.59 Å². The molecule has 0 bridgehead atoms. The number of morpholine rings is 1. The van der Waals surface area contributed by atoms with Gasteiger partial charge in [0.2, 0.25) is 11.8 Å². The van der Waals surface area contributed by atoms with Crippen LogP contribution in [-0.4, -0.2) is 69.2 Å². The van der Waals surface area contributed by atoms with Gasteiger partial charge in [-0.1, -0.05) is 0 Å². The van der Waals surface area contributed by atoms with Crippen molar-refractivity contribution in [1.82, 2.24) is 10.2 Å². The van der Waals surface area contributed by atoms with Crippen molar-refractivity contribution >= 4 is 23.2 Å². The molecule has 7 nitrogen and oxygen atoms in total. The molecule has 4 rings (SSSR count). The first kappa shape index (κ1) is 19.2. The van der Waals surface area contributed by atoms with Gasteiger partial charge in [0, 0.05) is 50.6 Å². The second-order valence-corrected chi connectivity index (χ2v) is 7.99. The second kappa shape index (κ2) is 8.49. The van der Waals surface area contributed by atoms with Crippen molar-refractivity contribution in [2.75, 3.05) is 62.7 Å². The van der Waals surface area contributed by atoms with Gasteiger partial charge in [-0.05, 0) is 49.9 Å². The molecule has 1 aliphatic carbocycles. The molecule has 28 heavy (non-hydrogen) atoms. The van der Waals surface area contributed by atoms with E-state index in [0.29, 0.717) is 19.4 Å². The smallest absolute Gasteiger partial charge is 0.240 e. The molecule has 2 N–H and O–H groups in total. The van der Waals surface area contributed by atoms with Crippen molar-refractivity contribution in [3.05, 3.63) is 24.3 Å². The Kier molecular flexibility index (Phi) is 5.82. The highest BCUT2D eigenvalue weighted by atomic mass is 16.5. The minimum Gasteiger partial charge on any atom is -0.379 e. The summed E-state index contributed by atoms with van der Waals surface area (Å²) in [5.41, 5.74) is 1.05. The zero-order valence-corrected chi connectivity index (χ0v) is 16.4. The van der Waals surface area contributed by atoms with Crippen molar-refractivity contribution in [3.8, 4) is 0 Å². The summed E-state index contributed by atoms with van der Waals surface area (Å²) in [4.78, 5) is 30.0. The molecule has 2 aliphatic heterocycles. The van der Waals surface area contributed by atoms with Crippen LogP contribution in [0.2, 0.25) is 0 Å². The molecule has 0 aromatic heterocycles. The standard InChI is InChI=1S/C21H30N4O3/c26-19(22-9-12-24-13-15-28-16-14-24)21(7-8-21)20(27)23-17-3-5-18(6-4-17)25-10-1-2-11-25/h3-6H,1-2,7-16H2,(H,22,26)(H,23,27). The quantitative estimate of drug-likeness (QED) is 0.694. The summed E-state index contributed by atoms with van der Waals surface area (Å²) in [6.45, 7) is 6.85. The van der Waals surface area contributed by atoms with E-state index in [1.54, 1.807) is 0 Å². The topological polar surface area (TPSA) is 73.9 Å². The van der Waals surface area contributed by atoms with Gasteiger partial charge in [-0.25, -0.2) is 0 Å². The molecule has 0 spiro atoms. The Morgan fingerprint density at radius 2 is 1.64 bits per heavy atom. The Morgan fingerprint density at radius 3 is 2.29 bits per heavy atom. The fraction of sp³-hybridized carbons (Fsp3) is 0.619.